The first-order chi connectivity index (χ1) is 16.6. The molecule has 10 heteroatoms. The van der Waals surface area contributed by atoms with Gasteiger partial charge in [-0.2, -0.15) is 0 Å². The van der Waals surface area contributed by atoms with Gasteiger partial charge in [0.25, 0.3) is 0 Å². The lowest BCUT2D eigenvalue weighted by Crippen LogP contribution is -2.38. The second kappa shape index (κ2) is 8.04. The molecule has 6 N–H and O–H groups in total. The second-order valence-electron chi connectivity index (χ2n) is 7.99. The molecule has 3 aromatic carbocycles. The molecule has 0 aliphatic rings. The Morgan fingerprint density at radius 2 is 0.794 bits per heavy atom. The highest BCUT2D eigenvalue weighted by atomic mass is 16.4. The minimum absolute atomic E-state index is 0.159. The molecule has 0 radical (unpaired) electrons. The lowest BCUT2D eigenvalue weighted by atomic mass is 10.3. The maximum Gasteiger partial charge on any atom is 0.171 e. The van der Waals surface area contributed by atoms with Crippen LogP contribution in [0.4, 0.5) is 0 Å². The van der Waals surface area contributed by atoms with Crippen molar-refractivity contribution in [3.05, 3.63) is 90.3 Å². The van der Waals surface area contributed by atoms with E-state index >= 15 is 0 Å². The van der Waals surface area contributed by atoms with Gasteiger partial charge in [0.1, 0.15) is 0 Å². The molecule has 0 aliphatic carbocycles. The second-order valence-corrected chi connectivity index (χ2v) is 7.99. The molecule has 0 saturated carbocycles. The van der Waals surface area contributed by atoms with Crippen LogP contribution >= 0.6 is 0 Å². The highest BCUT2D eigenvalue weighted by Gasteiger charge is 2.37. The van der Waals surface area contributed by atoms with Crippen LogP contribution in [0.5, 0.6) is 0 Å². The van der Waals surface area contributed by atoms with E-state index in [1.807, 2.05) is 54.6 Å². The number of para-hydroxylation sites is 6. The molecule has 3 atom stereocenters. The van der Waals surface area contributed by atoms with Crippen LogP contribution in [0.3, 0.4) is 0 Å². The summed E-state index contributed by atoms with van der Waals surface area (Å²) in [5.74, 6) is 0.476. The number of fused-ring (bicyclic) bond motifs is 3. The van der Waals surface area contributed by atoms with Crippen molar-refractivity contribution in [1.82, 2.24) is 34.8 Å². The van der Waals surface area contributed by atoms with Crippen molar-refractivity contribution in [3.63, 3.8) is 0 Å². The third-order valence-corrected chi connectivity index (χ3v) is 5.80. The van der Waals surface area contributed by atoms with E-state index in [0.717, 1.165) is 4.90 Å². The highest BCUT2D eigenvalue weighted by molar-refractivity contribution is 5.76. The van der Waals surface area contributed by atoms with Gasteiger partial charge < -0.3 is 30.3 Å². The van der Waals surface area contributed by atoms with Gasteiger partial charge in [0.2, 0.25) is 0 Å². The molecule has 3 unspecified atom stereocenters. The van der Waals surface area contributed by atoms with Crippen LogP contribution in [0.2, 0.25) is 0 Å². The number of rotatable bonds is 6. The molecule has 0 spiro atoms. The van der Waals surface area contributed by atoms with Gasteiger partial charge in [0, 0.05) is 0 Å². The Kier molecular flexibility index (Phi) is 4.85. The van der Waals surface area contributed by atoms with Gasteiger partial charge in [-0.15, -0.1) is 0 Å². The Morgan fingerprint density at radius 3 is 1.09 bits per heavy atom. The number of aromatic nitrogens is 6. The largest absolute Gasteiger partial charge is 0.371 e. The van der Waals surface area contributed by atoms with Crippen molar-refractivity contribution >= 4 is 33.1 Å². The lowest BCUT2D eigenvalue weighted by molar-refractivity contribution is -0.194. The zero-order valence-electron chi connectivity index (χ0n) is 17.8. The van der Waals surface area contributed by atoms with Gasteiger partial charge in [0.05, 0.1) is 33.1 Å². The number of benzene rings is 3. The van der Waals surface area contributed by atoms with E-state index in [1.165, 1.54) is 0 Å². The first-order valence-corrected chi connectivity index (χ1v) is 10.7. The fourth-order valence-corrected chi connectivity index (χ4v) is 4.11. The number of aliphatic hydroxyl groups is 3. The van der Waals surface area contributed by atoms with Gasteiger partial charge >= 0.3 is 0 Å². The molecule has 0 bridgehead atoms. The molecule has 10 nitrogen and oxygen atoms in total. The molecule has 170 valence electrons. The summed E-state index contributed by atoms with van der Waals surface area (Å²) in [7, 11) is 0. The smallest absolute Gasteiger partial charge is 0.171 e. The molecule has 0 saturated heterocycles. The number of hydrogen-bond acceptors (Lipinski definition) is 7. The SMILES string of the molecule is OC(c1nc2ccccc2[nH]1)N(C(O)c1nc2ccccc2[nH]1)C(O)c1nc2ccccc2[nH]1. The number of aliphatic hydroxyl groups excluding tert-OH is 3. The summed E-state index contributed by atoms with van der Waals surface area (Å²) in [6, 6.07) is 21.9. The van der Waals surface area contributed by atoms with Crippen molar-refractivity contribution in [2.45, 2.75) is 18.7 Å². The predicted molar refractivity (Wildman–Crippen MR) is 125 cm³/mol. The highest BCUT2D eigenvalue weighted by Crippen LogP contribution is 2.34. The van der Waals surface area contributed by atoms with Crippen molar-refractivity contribution in [1.29, 1.82) is 0 Å². The fourth-order valence-electron chi connectivity index (χ4n) is 4.11. The Balaban J connectivity index is 1.44. The molecule has 6 rings (SSSR count). The average molecular weight is 455 g/mol. The van der Waals surface area contributed by atoms with Crippen LogP contribution < -0.4 is 0 Å². The number of H-pyrrole nitrogens is 3. The Bertz CT molecular complexity index is 1310. The minimum atomic E-state index is -1.51. The third kappa shape index (κ3) is 3.42. The molecular formula is C24H21N7O3. The van der Waals surface area contributed by atoms with Crippen molar-refractivity contribution < 1.29 is 15.3 Å². The quantitative estimate of drug-likeness (QED) is 0.211. The number of aromatic amines is 3. The molecule has 3 aromatic heterocycles. The van der Waals surface area contributed by atoms with Gasteiger partial charge in [0.15, 0.2) is 36.2 Å². The Hall–Kier alpha value is -4.09. The van der Waals surface area contributed by atoms with E-state index in [2.05, 4.69) is 29.9 Å². The van der Waals surface area contributed by atoms with Crippen molar-refractivity contribution in [2.24, 2.45) is 0 Å². The van der Waals surface area contributed by atoms with Gasteiger partial charge in [-0.1, -0.05) is 36.4 Å². The van der Waals surface area contributed by atoms with Gasteiger partial charge in [-0.3, -0.25) is 0 Å². The van der Waals surface area contributed by atoms with Crippen LogP contribution in [-0.2, 0) is 0 Å². The standard InChI is InChI=1S/C24H21N7O3/c32-22(19-25-13-7-1-2-8-14(13)26-19)31(23(33)20-27-15-9-3-4-10-16(15)28-20)24(34)21-29-17-11-5-6-12-18(17)30-21/h1-12,22-24,32-34H,(H,25,26)(H,27,28)(H,29,30). The summed E-state index contributed by atoms with van der Waals surface area (Å²) < 4.78 is 0. The molecule has 34 heavy (non-hydrogen) atoms. The molecular weight excluding hydrogens is 434 g/mol. The summed E-state index contributed by atoms with van der Waals surface area (Å²) in [6.45, 7) is 0. The summed E-state index contributed by atoms with van der Waals surface area (Å²) >= 11 is 0. The number of nitrogens with zero attached hydrogens (tertiary/aromatic N) is 4. The topological polar surface area (TPSA) is 150 Å². The van der Waals surface area contributed by atoms with Crippen LogP contribution in [0.25, 0.3) is 33.1 Å². The van der Waals surface area contributed by atoms with E-state index in [4.69, 9.17) is 0 Å². The van der Waals surface area contributed by atoms with Crippen LogP contribution in [-0.4, -0.2) is 50.1 Å². The van der Waals surface area contributed by atoms with Crippen molar-refractivity contribution in [2.75, 3.05) is 0 Å². The number of hydrogen-bond donors (Lipinski definition) is 6. The predicted octanol–water partition coefficient (Wildman–Crippen LogP) is 2.99. The zero-order chi connectivity index (χ0) is 23.2. The zero-order valence-corrected chi connectivity index (χ0v) is 17.8. The van der Waals surface area contributed by atoms with E-state index in [0.29, 0.717) is 33.1 Å². The number of nitrogens with one attached hydrogen (secondary N) is 3. The molecule has 0 aliphatic heterocycles. The van der Waals surface area contributed by atoms with Crippen LogP contribution in [0.15, 0.2) is 72.8 Å². The molecule has 0 fully saturated rings. The maximum absolute atomic E-state index is 11.3. The summed E-state index contributed by atoms with van der Waals surface area (Å²) in [5, 5.41) is 34.0. The summed E-state index contributed by atoms with van der Waals surface area (Å²) in [4.78, 5) is 23.6. The monoisotopic (exact) mass is 455 g/mol. The Morgan fingerprint density at radius 1 is 0.500 bits per heavy atom. The third-order valence-electron chi connectivity index (χ3n) is 5.80. The lowest BCUT2D eigenvalue weighted by Gasteiger charge is -2.33. The van der Waals surface area contributed by atoms with E-state index < -0.39 is 18.7 Å². The average Bonchev–Trinajstić information content (AvgIpc) is 3.59. The fraction of sp³-hybridized carbons (Fsp3) is 0.125. The Labute approximate surface area is 192 Å². The molecule has 6 aromatic rings. The summed E-state index contributed by atoms with van der Waals surface area (Å²) in [6.07, 6.45) is -4.54. The summed E-state index contributed by atoms with van der Waals surface area (Å²) in [5.41, 5.74) is 4.09. The van der Waals surface area contributed by atoms with E-state index in [-0.39, 0.29) is 17.5 Å². The van der Waals surface area contributed by atoms with Crippen LogP contribution in [0, 0.1) is 0 Å². The first kappa shape index (κ1) is 20.5. The van der Waals surface area contributed by atoms with Crippen molar-refractivity contribution in [3.8, 4) is 0 Å². The molecule has 0 amide bonds. The molecule has 3 heterocycles. The van der Waals surface area contributed by atoms with E-state index in [1.54, 1.807) is 18.2 Å². The minimum Gasteiger partial charge on any atom is -0.371 e. The number of imidazole rings is 3. The van der Waals surface area contributed by atoms with Crippen LogP contribution in [0.1, 0.15) is 36.2 Å². The first-order valence-electron chi connectivity index (χ1n) is 10.7. The van der Waals surface area contributed by atoms with E-state index in [9.17, 15) is 15.3 Å². The van der Waals surface area contributed by atoms with Gasteiger partial charge in [-0.25, -0.2) is 19.9 Å². The normalized spacial score (nSPS) is 14.8. The maximum atomic E-state index is 11.3. The van der Waals surface area contributed by atoms with Gasteiger partial charge in [-0.05, 0) is 36.4 Å².